The number of thiazole rings is 1. The molecule has 14 heteroatoms. The predicted octanol–water partition coefficient (Wildman–Crippen LogP) is 5.00. The van der Waals surface area contributed by atoms with Crippen LogP contribution < -0.4 is 5.32 Å². The van der Waals surface area contributed by atoms with Crippen molar-refractivity contribution in [1.82, 2.24) is 15.3 Å². The maximum Gasteiger partial charge on any atom is 0.495 e. The maximum absolute atomic E-state index is 12.8. The molecule has 2 aromatic heterocycles. The molecule has 0 fully saturated rings. The van der Waals surface area contributed by atoms with Gasteiger partial charge in [0, 0.05) is 18.2 Å². The van der Waals surface area contributed by atoms with E-state index in [2.05, 4.69) is 25.1 Å². The lowest BCUT2D eigenvalue weighted by Gasteiger charge is -2.18. The van der Waals surface area contributed by atoms with Gasteiger partial charge in [-0.3, -0.25) is 9.78 Å². The van der Waals surface area contributed by atoms with Gasteiger partial charge in [-0.2, -0.15) is 13.2 Å². The summed E-state index contributed by atoms with van der Waals surface area (Å²) in [4.78, 5) is 52.6. The molecule has 2 heterocycles. The Morgan fingerprint density at radius 2 is 1.85 bits per heavy atom. The molecule has 0 bridgehead atoms. The number of ether oxygens (including phenoxy) is 1. The van der Waals surface area contributed by atoms with E-state index in [0.717, 1.165) is 0 Å². The van der Waals surface area contributed by atoms with Gasteiger partial charge in [0.2, 0.25) is 0 Å². The third kappa shape index (κ3) is 8.47. The Morgan fingerprint density at radius 1 is 1.13 bits per heavy atom. The van der Waals surface area contributed by atoms with Gasteiger partial charge in [0.05, 0.1) is 29.1 Å². The van der Waals surface area contributed by atoms with E-state index >= 15 is 0 Å². The first kappa shape index (κ1) is 30.0. The van der Waals surface area contributed by atoms with Crippen LogP contribution in [0.3, 0.4) is 0 Å². The number of hydrogen-bond donors (Lipinski definition) is 1. The predicted molar refractivity (Wildman–Crippen MR) is 135 cm³/mol. The van der Waals surface area contributed by atoms with E-state index in [1.807, 2.05) is 12.1 Å². The fourth-order valence-electron chi connectivity index (χ4n) is 3.27. The standard InChI is InChI=1S/C25H23ClF3N3O6S/c1-13(2)36-19(23(34)37-38-24(35)25(27,28)29)11-15-8-9-30-16(10-15)12-31-21(33)20-14(3)32-22(39-20)17-6-4-5-7-18(17)26/h4-10,13,19H,11-12H2,1-3H3,(H,31,33). The second-order valence-electron chi connectivity index (χ2n) is 8.40. The number of pyridine rings is 1. The van der Waals surface area contributed by atoms with Crippen LogP contribution in [0.25, 0.3) is 10.6 Å². The van der Waals surface area contributed by atoms with Crippen LogP contribution in [0.1, 0.15) is 40.5 Å². The van der Waals surface area contributed by atoms with Crippen LogP contribution in [0.4, 0.5) is 13.2 Å². The van der Waals surface area contributed by atoms with E-state index in [0.29, 0.717) is 37.4 Å². The summed E-state index contributed by atoms with van der Waals surface area (Å²) in [5.74, 6) is -4.36. The third-order valence-corrected chi connectivity index (χ3v) is 6.49. The quantitative estimate of drug-likeness (QED) is 0.276. The number of nitrogens with zero attached hydrogens (tertiary/aromatic N) is 2. The first-order valence-corrected chi connectivity index (χ1v) is 12.6. The molecule has 9 nitrogen and oxygen atoms in total. The van der Waals surface area contributed by atoms with Crippen molar-refractivity contribution >= 4 is 40.8 Å². The molecule has 3 aromatic rings. The van der Waals surface area contributed by atoms with Crippen LogP contribution in [0.15, 0.2) is 42.6 Å². The number of amides is 1. The number of carbonyl (C=O) groups excluding carboxylic acids is 3. The smallest absolute Gasteiger partial charge is 0.363 e. The Kier molecular flexibility index (Phi) is 10.0. The van der Waals surface area contributed by atoms with Crippen molar-refractivity contribution in [1.29, 1.82) is 0 Å². The van der Waals surface area contributed by atoms with Crippen molar-refractivity contribution in [2.75, 3.05) is 0 Å². The summed E-state index contributed by atoms with van der Waals surface area (Å²) in [6.45, 7) is 4.96. The first-order chi connectivity index (χ1) is 18.3. The Hall–Kier alpha value is -3.55. The van der Waals surface area contributed by atoms with E-state index in [4.69, 9.17) is 16.3 Å². The molecule has 0 spiro atoms. The van der Waals surface area contributed by atoms with Crippen molar-refractivity contribution in [3.63, 3.8) is 0 Å². The Balaban J connectivity index is 1.65. The zero-order valence-corrected chi connectivity index (χ0v) is 22.4. The van der Waals surface area contributed by atoms with Crippen LogP contribution in [0.2, 0.25) is 5.02 Å². The second kappa shape index (κ2) is 13.0. The zero-order chi connectivity index (χ0) is 28.7. The Morgan fingerprint density at radius 3 is 2.51 bits per heavy atom. The molecule has 39 heavy (non-hydrogen) atoms. The highest BCUT2D eigenvalue weighted by Gasteiger charge is 2.43. The lowest BCUT2D eigenvalue weighted by atomic mass is 10.1. The largest absolute Gasteiger partial charge is 0.495 e. The fraction of sp³-hybridized carbons (Fsp3) is 0.320. The number of aryl methyl sites for hydroxylation is 1. The minimum absolute atomic E-state index is 0.0365. The number of carbonyl (C=O) groups is 3. The summed E-state index contributed by atoms with van der Waals surface area (Å²) in [6, 6.07) is 10.3. The lowest BCUT2D eigenvalue weighted by molar-refractivity contribution is -0.290. The molecule has 1 aromatic carbocycles. The van der Waals surface area contributed by atoms with Crippen molar-refractivity contribution in [2.45, 2.75) is 52.1 Å². The number of aromatic nitrogens is 2. The van der Waals surface area contributed by atoms with Gasteiger partial charge in [-0.15, -0.1) is 11.3 Å². The monoisotopic (exact) mass is 585 g/mol. The van der Waals surface area contributed by atoms with E-state index in [1.54, 1.807) is 45.0 Å². The molecular formula is C25H23ClF3N3O6S. The highest BCUT2D eigenvalue weighted by molar-refractivity contribution is 7.17. The summed E-state index contributed by atoms with van der Waals surface area (Å²) in [5.41, 5.74) is 2.20. The van der Waals surface area contributed by atoms with E-state index in [-0.39, 0.29) is 18.9 Å². The number of benzene rings is 1. The van der Waals surface area contributed by atoms with Crippen LogP contribution in [0.5, 0.6) is 0 Å². The van der Waals surface area contributed by atoms with Gasteiger partial charge in [-0.1, -0.05) is 29.8 Å². The molecule has 0 aliphatic heterocycles. The SMILES string of the molecule is Cc1nc(-c2ccccc2Cl)sc1C(=O)NCc1cc(CC(OC(C)C)C(=O)OOC(=O)C(F)(F)F)ccn1. The summed E-state index contributed by atoms with van der Waals surface area (Å²) >= 11 is 7.44. The molecule has 1 N–H and O–H groups in total. The molecule has 0 saturated heterocycles. The zero-order valence-electron chi connectivity index (χ0n) is 20.9. The van der Waals surface area contributed by atoms with Crippen molar-refractivity contribution < 1.29 is 42.1 Å². The maximum atomic E-state index is 12.8. The summed E-state index contributed by atoms with van der Waals surface area (Å²) in [5, 5.41) is 3.89. The molecule has 0 radical (unpaired) electrons. The molecule has 0 saturated carbocycles. The number of hydrogen-bond acceptors (Lipinski definition) is 9. The summed E-state index contributed by atoms with van der Waals surface area (Å²) in [6.07, 6.45) is -5.89. The molecule has 1 atom stereocenters. The average molecular weight is 586 g/mol. The first-order valence-electron chi connectivity index (χ1n) is 11.4. The van der Waals surface area contributed by atoms with E-state index < -0.39 is 30.3 Å². The van der Waals surface area contributed by atoms with Crippen LogP contribution >= 0.6 is 22.9 Å². The van der Waals surface area contributed by atoms with Gasteiger partial charge in [0.25, 0.3) is 5.91 Å². The number of alkyl halides is 3. The van der Waals surface area contributed by atoms with Crippen molar-refractivity contribution in [3.8, 4) is 10.6 Å². The van der Waals surface area contributed by atoms with Gasteiger partial charge >= 0.3 is 18.1 Å². The van der Waals surface area contributed by atoms with Crippen molar-refractivity contribution in [2.24, 2.45) is 0 Å². The number of halogens is 4. The summed E-state index contributed by atoms with van der Waals surface area (Å²) in [7, 11) is 0. The molecular weight excluding hydrogens is 563 g/mol. The third-order valence-electron chi connectivity index (χ3n) is 4.97. The average Bonchev–Trinajstić information content (AvgIpc) is 3.26. The second-order valence-corrected chi connectivity index (χ2v) is 9.81. The van der Waals surface area contributed by atoms with Gasteiger partial charge in [-0.05, 0) is 44.5 Å². The molecule has 0 aliphatic carbocycles. The molecule has 208 valence electrons. The van der Waals surface area contributed by atoms with Gasteiger partial charge in [-0.25, -0.2) is 24.3 Å². The topological polar surface area (TPSA) is 117 Å². The minimum atomic E-state index is -5.33. The van der Waals surface area contributed by atoms with Crippen LogP contribution in [-0.4, -0.2) is 46.2 Å². The van der Waals surface area contributed by atoms with Gasteiger partial charge in [0.1, 0.15) is 9.88 Å². The summed E-state index contributed by atoms with van der Waals surface area (Å²) < 4.78 is 42.4. The molecule has 3 rings (SSSR count). The van der Waals surface area contributed by atoms with Crippen LogP contribution in [-0.2, 0) is 37.1 Å². The van der Waals surface area contributed by atoms with E-state index in [9.17, 15) is 27.6 Å². The van der Waals surface area contributed by atoms with Crippen LogP contribution in [0, 0.1) is 6.92 Å². The minimum Gasteiger partial charge on any atom is -0.363 e. The molecule has 1 amide bonds. The number of nitrogens with one attached hydrogen (secondary N) is 1. The molecule has 0 aliphatic rings. The van der Waals surface area contributed by atoms with Gasteiger partial charge in [0.15, 0.2) is 6.10 Å². The number of rotatable bonds is 9. The Bertz CT molecular complexity index is 1350. The normalized spacial score (nSPS) is 12.2. The lowest BCUT2D eigenvalue weighted by Crippen LogP contribution is -2.34. The highest BCUT2D eigenvalue weighted by Crippen LogP contribution is 2.32. The van der Waals surface area contributed by atoms with Gasteiger partial charge < -0.3 is 10.1 Å². The fourth-order valence-corrected chi connectivity index (χ4v) is 4.57. The van der Waals surface area contributed by atoms with E-state index in [1.165, 1.54) is 17.5 Å². The Labute approximate surface area is 230 Å². The highest BCUT2D eigenvalue weighted by atomic mass is 35.5. The van der Waals surface area contributed by atoms with Crippen molar-refractivity contribution in [3.05, 3.63) is 69.4 Å². The molecule has 1 unspecified atom stereocenters.